The lowest BCUT2D eigenvalue weighted by molar-refractivity contribution is -0.385. The molecule has 5 heteroatoms. The van der Waals surface area contributed by atoms with E-state index in [-0.39, 0.29) is 18.0 Å². The second-order valence-electron chi connectivity index (χ2n) is 4.73. The fourth-order valence-electron chi connectivity index (χ4n) is 1.79. The molecule has 0 spiro atoms. The number of hydrogen-bond acceptors (Lipinski definition) is 3. The quantitative estimate of drug-likeness (QED) is 0.594. The Labute approximate surface area is 107 Å². The molecule has 0 aliphatic carbocycles. The van der Waals surface area contributed by atoms with E-state index in [2.05, 4.69) is 0 Å². The molecule has 1 amide bonds. The molecule has 98 valence electrons. The van der Waals surface area contributed by atoms with Crippen molar-refractivity contribution in [2.24, 2.45) is 5.92 Å². The molecule has 0 unspecified atom stereocenters. The molecule has 0 radical (unpaired) electrons. The van der Waals surface area contributed by atoms with Crippen LogP contribution in [0.5, 0.6) is 0 Å². The third-order valence-corrected chi connectivity index (χ3v) is 2.59. The van der Waals surface area contributed by atoms with Gasteiger partial charge in [-0.2, -0.15) is 0 Å². The highest BCUT2D eigenvalue weighted by Gasteiger charge is 2.17. The van der Waals surface area contributed by atoms with Crippen LogP contribution in [0.25, 0.3) is 0 Å². The summed E-state index contributed by atoms with van der Waals surface area (Å²) in [5.41, 5.74) is 0.465. The number of nitro groups is 1. The van der Waals surface area contributed by atoms with Gasteiger partial charge in [-0.15, -0.1) is 0 Å². The van der Waals surface area contributed by atoms with Gasteiger partial charge in [0.15, 0.2) is 0 Å². The van der Waals surface area contributed by atoms with Crippen LogP contribution in [-0.4, -0.2) is 29.3 Å². The molecule has 0 aliphatic rings. The van der Waals surface area contributed by atoms with Gasteiger partial charge in [-0.3, -0.25) is 14.9 Å². The zero-order valence-electron chi connectivity index (χ0n) is 10.9. The van der Waals surface area contributed by atoms with E-state index in [1.165, 1.54) is 6.07 Å². The lowest BCUT2D eigenvalue weighted by Crippen LogP contribution is -2.31. The highest BCUT2D eigenvalue weighted by molar-refractivity contribution is 5.79. The maximum absolute atomic E-state index is 11.9. The monoisotopic (exact) mass is 250 g/mol. The molecule has 18 heavy (non-hydrogen) atoms. The summed E-state index contributed by atoms with van der Waals surface area (Å²) in [5.74, 6) is 0.280. The van der Waals surface area contributed by atoms with Gasteiger partial charge in [-0.05, 0) is 5.92 Å². The van der Waals surface area contributed by atoms with Gasteiger partial charge in [0.05, 0.1) is 11.3 Å². The van der Waals surface area contributed by atoms with E-state index in [0.29, 0.717) is 18.0 Å². The zero-order chi connectivity index (χ0) is 13.7. The van der Waals surface area contributed by atoms with E-state index < -0.39 is 4.92 Å². The SMILES string of the molecule is CC(C)CN(C)C(=O)Cc1ccccc1[N+](=O)[O-]. The van der Waals surface area contributed by atoms with Crippen molar-refractivity contribution in [1.29, 1.82) is 0 Å². The van der Waals surface area contributed by atoms with Crippen molar-refractivity contribution in [3.05, 3.63) is 39.9 Å². The number of rotatable bonds is 5. The van der Waals surface area contributed by atoms with Gasteiger partial charge in [0.2, 0.25) is 5.91 Å². The van der Waals surface area contributed by atoms with Crippen LogP contribution < -0.4 is 0 Å². The number of likely N-dealkylation sites (N-methyl/N-ethyl adjacent to an activating group) is 1. The van der Waals surface area contributed by atoms with Crippen molar-refractivity contribution < 1.29 is 9.72 Å². The topological polar surface area (TPSA) is 63.5 Å². The summed E-state index contributed by atoms with van der Waals surface area (Å²) in [4.78, 5) is 23.9. The van der Waals surface area contributed by atoms with Gasteiger partial charge in [-0.25, -0.2) is 0 Å². The van der Waals surface area contributed by atoms with Crippen LogP contribution in [0.2, 0.25) is 0 Å². The fourth-order valence-corrected chi connectivity index (χ4v) is 1.79. The first-order chi connectivity index (χ1) is 8.41. The first kappa shape index (κ1) is 14.2. The number of nitro benzene ring substituents is 1. The smallest absolute Gasteiger partial charge is 0.273 e. The normalized spacial score (nSPS) is 10.4. The molecule has 0 fully saturated rings. The van der Waals surface area contributed by atoms with Crippen LogP contribution in [0, 0.1) is 16.0 Å². The van der Waals surface area contributed by atoms with Gasteiger partial charge in [-0.1, -0.05) is 32.0 Å². The molecule has 1 aromatic rings. The van der Waals surface area contributed by atoms with Crippen LogP contribution in [0.1, 0.15) is 19.4 Å². The van der Waals surface area contributed by atoms with Crippen molar-refractivity contribution in [2.75, 3.05) is 13.6 Å². The van der Waals surface area contributed by atoms with Gasteiger partial charge in [0.1, 0.15) is 0 Å². The Morgan fingerprint density at radius 2 is 2.00 bits per heavy atom. The van der Waals surface area contributed by atoms with Gasteiger partial charge in [0.25, 0.3) is 5.69 Å². The second-order valence-corrected chi connectivity index (χ2v) is 4.73. The molecule has 1 aromatic carbocycles. The Bertz CT molecular complexity index is 444. The van der Waals surface area contributed by atoms with E-state index in [1.807, 2.05) is 13.8 Å². The van der Waals surface area contributed by atoms with Crippen molar-refractivity contribution in [3.63, 3.8) is 0 Å². The van der Waals surface area contributed by atoms with Crippen LogP contribution in [0.15, 0.2) is 24.3 Å². The van der Waals surface area contributed by atoms with Gasteiger partial charge < -0.3 is 4.90 Å². The maximum Gasteiger partial charge on any atom is 0.273 e. The summed E-state index contributed by atoms with van der Waals surface area (Å²) in [6, 6.07) is 6.35. The molecule has 0 bridgehead atoms. The van der Waals surface area contributed by atoms with E-state index in [4.69, 9.17) is 0 Å². The Kier molecular flexibility index (Phi) is 4.83. The van der Waals surface area contributed by atoms with Crippen LogP contribution >= 0.6 is 0 Å². The fraction of sp³-hybridized carbons (Fsp3) is 0.462. The molecule has 0 heterocycles. The maximum atomic E-state index is 11.9. The number of hydrogen-bond donors (Lipinski definition) is 0. The van der Waals surface area contributed by atoms with Gasteiger partial charge in [0, 0.05) is 25.2 Å². The molecular weight excluding hydrogens is 232 g/mol. The molecule has 5 nitrogen and oxygen atoms in total. The standard InChI is InChI=1S/C13H18N2O3/c1-10(2)9-14(3)13(16)8-11-6-4-5-7-12(11)15(17)18/h4-7,10H,8-9H2,1-3H3. The number of benzene rings is 1. The summed E-state index contributed by atoms with van der Waals surface area (Å²) in [7, 11) is 1.72. The van der Waals surface area contributed by atoms with E-state index >= 15 is 0 Å². The highest BCUT2D eigenvalue weighted by atomic mass is 16.6. The summed E-state index contributed by atoms with van der Waals surface area (Å²) < 4.78 is 0. The predicted octanol–water partition coefficient (Wildman–Crippen LogP) is 2.25. The van der Waals surface area contributed by atoms with E-state index in [9.17, 15) is 14.9 Å². The minimum absolute atomic E-state index is 0.00352. The van der Waals surface area contributed by atoms with Crippen LogP contribution in [0.3, 0.4) is 0 Å². The van der Waals surface area contributed by atoms with Crippen molar-refractivity contribution in [2.45, 2.75) is 20.3 Å². The van der Waals surface area contributed by atoms with Crippen LogP contribution in [0.4, 0.5) is 5.69 Å². The number of carbonyl (C=O) groups is 1. The summed E-state index contributed by atoms with van der Waals surface area (Å²) in [5, 5.41) is 10.8. The lowest BCUT2D eigenvalue weighted by Gasteiger charge is -2.19. The van der Waals surface area contributed by atoms with E-state index in [1.54, 1.807) is 30.1 Å². The first-order valence-corrected chi connectivity index (χ1v) is 5.88. The zero-order valence-corrected chi connectivity index (χ0v) is 10.9. The molecule has 0 saturated carbocycles. The molecule has 1 rings (SSSR count). The summed E-state index contributed by atoms with van der Waals surface area (Å²) in [6.07, 6.45) is 0.0698. The molecule has 0 aromatic heterocycles. The molecule has 0 aliphatic heterocycles. The summed E-state index contributed by atoms with van der Waals surface area (Å²) >= 11 is 0. The Morgan fingerprint density at radius 1 is 1.39 bits per heavy atom. The Hall–Kier alpha value is -1.91. The number of nitrogens with zero attached hydrogens (tertiary/aromatic N) is 2. The Balaban J connectivity index is 2.79. The Morgan fingerprint density at radius 3 is 2.56 bits per heavy atom. The third kappa shape index (κ3) is 3.84. The van der Waals surface area contributed by atoms with E-state index in [0.717, 1.165) is 0 Å². The minimum atomic E-state index is -0.453. The van der Waals surface area contributed by atoms with Crippen molar-refractivity contribution in [1.82, 2.24) is 4.90 Å². The third-order valence-electron chi connectivity index (χ3n) is 2.59. The lowest BCUT2D eigenvalue weighted by atomic mass is 10.1. The average molecular weight is 250 g/mol. The molecule has 0 atom stereocenters. The second kappa shape index (κ2) is 6.14. The van der Waals surface area contributed by atoms with Crippen molar-refractivity contribution >= 4 is 11.6 Å². The predicted molar refractivity (Wildman–Crippen MR) is 69.3 cm³/mol. The van der Waals surface area contributed by atoms with Crippen molar-refractivity contribution in [3.8, 4) is 0 Å². The minimum Gasteiger partial charge on any atom is -0.345 e. The largest absolute Gasteiger partial charge is 0.345 e. The first-order valence-electron chi connectivity index (χ1n) is 5.88. The number of para-hydroxylation sites is 1. The number of amides is 1. The average Bonchev–Trinajstić information content (AvgIpc) is 2.28. The van der Waals surface area contributed by atoms with Gasteiger partial charge >= 0.3 is 0 Å². The highest BCUT2D eigenvalue weighted by Crippen LogP contribution is 2.18. The summed E-state index contributed by atoms with van der Waals surface area (Å²) in [6.45, 7) is 4.70. The molecule has 0 saturated heterocycles. The van der Waals surface area contributed by atoms with Crippen LogP contribution in [-0.2, 0) is 11.2 Å². The molecular formula is C13H18N2O3. The number of carbonyl (C=O) groups excluding carboxylic acids is 1. The molecule has 0 N–H and O–H groups in total.